The van der Waals surface area contributed by atoms with E-state index in [9.17, 15) is 14.7 Å². The van der Waals surface area contributed by atoms with E-state index in [4.69, 9.17) is 9.47 Å². The molecule has 1 aromatic heterocycles. The van der Waals surface area contributed by atoms with Gasteiger partial charge in [0.2, 0.25) is 0 Å². The molecule has 5 rings (SSSR count). The van der Waals surface area contributed by atoms with E-state index in [1.807, 2.05) is 32.0 Å². The minimum Gasteiger partial charge on any atom is -0.507 e. The third-order valence-corrected chi connectivity index (χ3v) is 5.88. The number of carbonyl (C=O) groups excluding carboxylic acids is 2. The normalized spacial score (nSPS) is 19.1. The Bertz CT molecular complexity index is 1300. The van der Waals surface area contributed by atoms with Gasteiger partial charge in [0.05, 0.1) is 11.6 Å². The number of carbonyl (C=O) groups is 2. The molecule has 166 valence electrons. The standard InChI is InChI=1S/C26H22N2O5/c1-15-5-6-16(2)19(12-15)28-23(18-4-3-9-27-14-18)22(25(30)26(28)31)24(29)17-7-8-20-21(13-17)33-11-10-32-20/h3-9,12-14,23,29H,10-11H2,1-2H3/b24-22-. The molecule has 1 atom stereocenters. The summed E-state index contributed by atoms with van der Waals surface area (Å²) in [6.45, 7) is 4.65. The predicted octanol–water partition coefficient (Wildman–Crippen LogP) is 4.10. The molecule has 2 aromatic carbocycles. The summed E-state index contributed by atoms with van der Waals surface area (Å²) in [6.07, 6.45) is 3.22. The summed E-state index contributed by atoms with van der Waals surface area (Å²) in [5, 5.41) is 11.3. The second-order valence-corrected chi connectivity index (χ2v) is 8.10. The Balaban J connectivity index is 1.71. The Morgan fingerprint density at radius 3 is 2.58 bits per heavy atom. The van der Waals surface area contributed by atoms with Gasteiger partial charge in [-0.25, -0.2) is 0 Å². The maximum atomic E-state index is 13.3. The number of Topliss-reactive ketones (excluding diaryl/α,β-unsaturated/α-hetero) is 1. The lowest BCUT2D eigenvalue weighted by Gasteiger charge is -2.27. The number of nitrogens with zero attached hydrogens (tertiary/aromatic N) is 2. The molecular formula is C26H22N2O5. The topological polar surface area (TPSA) is 89.0 Å². The van der Waals surface area contributed by atoms with Crippen molar-refractivity contribution in [1.29, 1.82) is 0 Å². The van der Waals surface area contributed by atoms with Crippen molar-refractivity contribution in [1.82, 2.24) is 4.98 Å². The number of ketones is 1. The molecule has 0 bridgehead atoms. The number of rotatable bonds is 3. The van der Waals surface area contributed by atoms with Crippen molar-refractivity contribution >= 4 is 23.1 Å². The molecular weight excluding hydrogens is 420 g/mol. The molecule has 7 nitrogen and oxygen atoms in total. The average molecular weight is 442 g/mol. The number of ether oxygens (including phenoxy) is 2. The Labute approximate surface area is 190 Å². The number of hydrogen-bond acceptors (Lipinski definition) is 6. The summed E-state index contributed by atoms with van der Waals surface area (Å²) < 4.78 is 11.2. The Morgan fingerprint density at radius 1 is 1.03 bits per heavy atom. The summed E-state index contributed by atoms with van der Waals surface area (Å²) in [5.41, 5.74) is 3.41. The van der Waals surface area contributed by atoms with Gasteiger partial charge in [0, 0.05) is 23.6 Å². The van der Waals surface area contributed by atoms with Gasteiger partial charge in [0.25, 0.3) is 11.7 Å². The van der Waals surface area contributed by atoms with Gasteiger partial charge in [-0.1, -0.05) is 18.2 Å². The predicted molar refractivity (Wildman–Crippen MR) is 122 cm³/mol. The maximum absolute atomic E-state index is 13.3. The first kappa shape index (κ1) is 20.8. The molecule has 2 aliphatic heterocycles. The molecule has 1 N–H and O–H groups in total. The summed E-state index contributed by atoms with van der Waals surface area (Å²) in [4.78, 5) is 32.2. The maximum Gasteiger partial charge on any atom is 0.300 e. The number of anilines is 1. The van der Waals surface area contributed by atoms with Crippen LogP contribution in [0.5, 0.6) is 11.5 Å². The minimum atomic E-state index is -0.826. The van der Waals surface area contributed by atoms with Crippen molar-refractivity contribution in [3.05, 3.63) is 88.8 Å². The number of pyridine rings is 1. The molecule has 1 amide bonds. The summed E-state index contributed by atoms with van der Waals surface area (Å²) in [7, 11) is 0. The molecule has 1 fully saturated rings. The fraction of sp³-hybridized carbons (Fsp3) is 0.192. The van der Waals surface area contributed by atoms with E-state index in [0.717, 1.165) is 11.1 Å². The highest BCUT2D eigenvalue weighted by molar-refractivity contribution is 6.51. The van der Waals surface area contributed by atoms with Gasteiger partial charge in [-0.3, -0.25) is 19.5 Å². The highest BCUT2D eigenvalue weighted by Gasteiger charge is 2.47. The number of aliphatic hydroxyl groups is 1. The third kappa shape index (κ3) is 3.51. The number of aryl methyl sites for hydroxylation is 2. The van der Waals surface area contributed by atoms with Crippen molar-refractivity contribution in [3.8, 4) is 11.5 Å². The van der Waals surface area contributed by atoms with Crippen molar-refractivity contribution < 1.29 is 24.2 Å². The van der Waals surface area contributed by atoms with Crippen LogP contribution in [0.2, 0.25) is 0 Å². The number of fused-ring (bicyclic) bond motifs is 1. The number of aliphatic hydroxyl groups excluding tert-OH is 1. The molecule has 1 unspecified atom stereocenters. The zero-order valence-corrected chi connectivity index (χ0v) is 18.2. The van der Waals surface area contributed by atoms with Crippen LogP contribution in [0.4, 0.5) is 5.69 Å². The van der Waals surface area contributed by atoms with Crippen LogP contribution in [0.1, 0.15) is 28.3 Å². The van der Waals surface area contributed by atoms with E-state index < -0.39 is 17.7 Å². The molecule has 33 heavy (non-hydrogen) atoms. The quantitative estimate of drug-likeness (QED) is 0.373. The first-order valence-electron chi connectivity index (χ1n) is 10.6. The number of aromatic nitrogens is 1. The molecule has 3 aromatic rings. The van der Waals surface area contributed by atoms with Gasteiger partial charge in [0.15, 0.2) is 11.5 Å². The monoisotopic (exact) mass is 442 g/mol. The molecule has 7 heteroatoms. The van der Waals surface area contributed by atoms with Crippen molar-refractivity contribution in [3.63, 3.8) is 0 Å². The van der Waals surface area contributed by atoms with E-state index in [2.05, 4.69) is 4.98 Å². The number of hydrogen-bond donors (Lipinski definition) is 1. The van der Waals surface area contributed by atoms with Crippen LogP contribution < -0.4 is 14.4 Å². The van der Waals surface area contributed by atoms with Crippen LogP contribution in [0, 0.1) is 13.8 Å². The van der Waals surface area contributed by atoms with Crippen LogP contribution >= 0.6 is 0 Å². The second-order valence-electron chi connectivity index (χ2n) is 8.10. The average Bonchev–Trinajstić information content (AvgIpc) is 3.10. The molecule has 0 spiro atoms. The van der Waals surface area contributed by atoms with Crippen LogP contribution in [-0.4, -0.2) is 35.0 Å². The van der Waals surface area contributed by atoms with Crippen LogP contribution in [0.25, 0.3) is 5.76 Å². The zero-order valence-electron chi connectivity index (χ0n) is 18.2. The van der Waals surface area contributed by atoms with E-state index >= 15 is 0 Å². The number of benzene rings is 2. The third-order valence-electron chi connectivity index (χ3n) is 5.88. The first-order valence-corrected chi connectivity index (χ1v) is 10.6. The Kier molecular flexibility index (Phi) is 5.09. The Morgan fingerprint density at radius 2 is 1.82 bits per heavy atom. The van der Waals surface area contributed by atoms with Gasteiger partial charge in [-0.15, -0.1) is 0 Å². The first-order chi connectivity index (χ1) is 16.0. The van der Waals surface area contributed by atoms with Gasteiger partial charge in [-0.2, -0.15) is 0 Å². The smallest absolute Gasteiger partial charge is 0.300 e. The van der Waals surface area contributed by atoms with E-state index in [0.29, 0.717) is 41.5 Å². The SMILES string of the molecule is Cc1ccc(C)c(N2C(=O)C(=O)/C(=C(\O)c3ccc4c(c3)OCCO4)C2c2cccnc2)c1. The van der Waals surface area contributed by atoms with Gasteiger partial charge < -0.3 is 14.6 Å². The van der Waals surface area contributed by atoms with E-state index in [-0.39, 0.29) is 11.3 Å². The lowest BCUT2D eigenvalue weighted by atomic mass is 9.95. The zero-order chi connectivity index (χ0) is 23.1. The fourth-order valence-corrected chi connectivity index (χ4v) is 4.26. The van der Waals surface area contributed by atoms with E-state index in [1.165, 1.54) is 4.90 Å². The van der Waals surface area contributed by atoms with Crippen molar-refractivity contribution in [2.45, 2.75) is 19.9 Å². The molecule has 0 radical (unpaired) electrons. The largest absolute Gasteiger partial charge is 0.507 e. The molecule has 3 heterocycles. The van der Waals surface area contributed by atoms with Gasteiger partial charge >= 0.3 is 0 Å². The van der Waals surface area contributed by atoms with Crippen molar-refractivity contribution in [2.24, 2.45) is 0 Å². The van der Waals surface area contributed by atoms with Crippen LogP contribution in [0.15, 0.2) is 66.5 Å². The minimum absolute atomic E-state index is 0.00517. The van der Waals surface area contributed by atoms with Gasteiger partial charge in [0.1, 0.15) is 19.0 Å². The molecule has 0 saturated carbocycles. The molecule has 0 aliphatic carbocycles. The lowest BCUT2D eigenvalue weighted by Crippen LogP contribution is -2.30. The van der Waals surface area contributed by atoms with Crippen LogP contribution in [-0.2, 0) is 9.59 Å². The number of amides is 1. The van der Waals surface area contributed by atoms with Gasteiger partial charge in [-0.05, 0) is 60.9 Å². The lowest BCUT2D eigenvalue weighted by molar-refractivity contribution is -0.132. The second kappa shape index (κ2) is 8.09. The molecule has 1 saturated heterocycles. The summed E-state index contributed by atoms with van der Waals surface area (Å²) in [5.74, 6) is -0.676. The Hall–Kier alpha value is -4.13. The highest BCUT2D eigenvalue weighted by Crippen LogP contribution is 2.44. The van der Waals surface area contributed by atoms with E-state index in [1.54, 1.807) is 42.7 Å². The fourth-order valence-electron chi connectivity index (χ4n) is 4.26. The van der Waals surface area contributed by atoms with Crippen LogP contribution in [0.3, 0.4) is 0 Å². The van der Waals surface area contributed by atoms with Crippen molar-refractivity contribution in [2.75, 3.05) is 18.1 Å². The molecule has 2 aliphatic rings. The highest BCUT2D eigenvalue weighted by atomic mass is 16.6. The summed E-state index contributed by atoms with van der Waals surface area (Å²) >= 11 is 0. The summed E-state index contributed by atoms with van der Waals surface area (Å²) in [6, 6.07) is 13.4.